The highest BCUT2D eigenvalue weighted by Crippen LogP contribution is 2.22. The first-order chi connectivity index (χ1) is 8.60. The molecule has 0 unspecified atom stereocenters. The van der Waals surface area contributed by atoms with Gasteiger partial charge in [0.2, 0.25) is 5.88 Å². The summed E-state index contributed by atoms with van der Waals surface area (Å²) in [6.07, 6.45) is 9.70. The molecule has 0 aromatic rings. The molecule has 5 nitrogen and oxygen atoms in total. The highest BCUT2D eigenvalue weighted by atomic mass is 16.5. The zero-order valence-corrected chi connectivity index (χ0v) is 11.1. The van der Waals surface area contributed by atoms with Crippen LogP contribution in [0.2, 0.25) is 0 Å². The summed E-state index contributed by atoms with van der Waals surface area (Å²) in [5.41, 5.74) is 0. The van der Waals surface area contributed by atoms with E-state index >= 15 is 0 Å². The average Bonchev–Trinajstić information content (AvgIpc) is 2.30. The molecule has 1 N–H and O–H groups in total. The number of ether oxygens (including phenoxy) is 1. The molecular formula is C13H22N2O3. The molecule has 102 valence electrons. The lowest BCUT2D eigenvalue weighted by molar-refractivity contribution is -0.134. The Morgan fingerprint density at radius 3 is 2.39 bits per heavy atom. The van der Waals surface area contributed by atoms with E-state index in [-0.39, 0.29) is 0 Å². The van der Waals surface area contributed by atoms with Gasteiger partial charge in [-0.15, -0.1) is 0 Å². The zero-order valence-electron chi connectivity index (χ0n) is 11.1. The third-order valence-electron chi connectivity index (χ3n) is 2.30. The molecular weight excluding hydrogens is 232 g/mol. The zero-order chi connectivity index (χ0) is 13.8. The quantitative estimate of drug-likeness (QED) is 0.619. The molecule has 1 saturated carbocycles. The van der Waals surface area contributed by atoms with Crippen LogP contribution < -0.4 is 0 Å². The minimum atomic E-state index is -0.833. The van der Waals surface area contributed by atoms with Crippen LogP contribution in [0.15, 0.2) is 22.1 Å². The summed E-state index contributed by atoms with van der Waals surface area (Å²) in [7, 11) is 0. The van der Waals surface area contributed by atoms with E-state index in [1.165, 1.54) is 19.3 Å². The Labute approximate surface area is 108 Å². The van der Waals surface area contributed by atoms with E-state index in [1.54, 1.807) is 12.4 Å². The van der Waals surface area contributed by atoms with Gasteiger partial charge in [0.15, 0.2) is 0 Å². The lowest BCUT2D eigenvalue weighted by Crippen LogP contribution is -2.15. The molecule has 0 spiro atoms. The van der Waals surface area contributed by atoms with Gasteiger partial charge in [-0.25, -0.2) is 4.99 Å². The van der Waals surface area contributed by atoms with E-state index in [0.717, 1.165) is 19.8 Å². The fourth-order valence-corrected chi connectivity index (χ4v) is 1.65. The summed E-state index contributed by atoms with van der Waals surface area (Å²) < 4.78 is 5.70. The second-order valence-corrected chi connectivity index (χ2v) is 3.93. The maximum Gasteiger partial charge on any atom is 0.300 e. The Balaban J connectivity index is 0.000000631. The molecule has 0 radical (unpaired) electrons. The largest absolute Gasteiger partial charge is 0.481 e. The second kappa shape index (κ2) is 10.5. The van der Waals surface area contributed by atoms with Gasteiger partial charge >= 0.3 is 0 Å². The molecule has 1 rings (SSSR count). The summed E-state index contributed by atoms with van der Waals surface area (Å²) >= 11 is 0. The van der Waals surface area contributed by atoms with Gasteiger partial charge in [-0.3, -0.25) is 9.79 Å². The summed E-state index contributed by atoms with van der Waals surface area (Å²) in [6, 6.07) is 0. The van der Waals surface area contributed by atoms with Crippen molar-refractivity contribution in [3.05, 3.63) is 12.1 Å². The monoisotopic (exact) mass is 254 g/mol. The van der Waals surface area contributed by atoms with Crippen molar-refractivity contribution in [2.45, 2.75) is 52.1 Å². The third-order valence-corrected chi connectivity index (χ3v) is 2.30. The first kappa shape index (κ1) is 16.4. The molecule has 1 aliphatic carbocycles. The van der Waals surface area contributed by atoms with Crippen LogP contribution in [0.4, 0.5) is 0 Å². The molecule has 0 heterocycles. The van der Waals surface area contributed by atoms with Crippen LogP contribution in [0.3, 0.4) is 0 Å². The summed E-state index contributed by atoms with van der Waals surface area (Å²) in [5, 5.41) is 7.42. The number of hydrogen-bond donors (Lipinski definition) is 1. The van der Waals surface area contributed by atoms with E-state index < -0.39 is 5.97 Å². The number of aliphatic imine (C=N–C) groups is 2. The van der Waals surface area contributed by atoms with Gasteiger partial charge in [0.05, 0.1) is 6.20 Å². The molecule has 0 amide bonds. The van der Waals surface area contributed by atoms with E-state index in [9.17, 15) is 0 Å². The van der Waals surface area contributed by atoms with E-state index in [2.05, 4.69) is 16.7 Å². The van der Waals surface area contributed by atoms with Gasteiger partial charge in [0, 0.05) is 13.1 Å². The van der Waals surface area contributed by atoms with Crippen LogP contribution in [0.25, 0.3) is 0 Å². The molecule has 1 aliphatic rings. The predicted molar refractivity (Wildman–Crippen MR) is 73.1 cm³/mol. The summed E-state index contributed by atoms with van der Waals surface area (Å²) in [6.45, 7) is 6.34. The van der Waals surface area contributed by atoms with Crippen LogP contribution >= 0.6 is 0 Å². The first-order valence-electron chi connectivity index (χ1n) is 6.11. The van der Waals surface area contributed by atoms with Crippen molar-refractivity contribution in [1.82, 2.24) is 0 Å². The summed E-state index contributed by atoms with van der Waals surface area (Å²) in [5.74, 6) is -0.255. The topological polar surface area (TPSA) is 71.2 Å². The van der Waals surface area contributed by atoms with Crippen molar-refractivity contribution in [2.75, 3.05) is 0 Å². The van der Waals surface area contributed by atoms with Gasteiger partial charge < -0.3 is 9.84 Å². The Morgan fingerprint density at radius 2 is 1.94 bits per heavy atom. The second-order valence-electron chi connectivity index (χ2n) is 3.93. The number of aliphatic carboxylic acids is 1. The number of carboxylic acids is 1. The highest BCUT2D eigenvalue weighted by Gasteiger charge is 2.15. The maximum atomic E-state index is 9.00. The molecule has 1 fully saturated rings. The molecule has 18 heavy (non-hydrogen) atoms. The Bertz CT molecular complexity index is 301. The molecule has 0 saturated heterocycles. The molecule has 0 aromatic carbocycles. The van der Waals surface area contributed by atoms with E-state index in [1.807, 2.05) is 6.92 Å². The maximum absolute atomic E-state index is 9.00. The van der Waals surface area contributed by atoms with Crippen LogP contribution in [0.5, 0.6) is 0 Å². The fourth-order valence-electron chi connectivity index (χ4n) is 1.65. The molecule has 0 bridgehead atoms. The lowest BCUT2D eigenvalue weighted by atomic mass is 9.98. The molecule has 0 aromatic heterocycles. The standard InChI is InChI=1S/C11H18N2O.C2H4O2/c1-3-13-11(9-12-2)14-10-7-5-4-6-8-10;1-2(3)4/h3,9-10H,2,4-8H2,1H3;1H3,(H,3,4)/b11-9+,13-3-;. The summed E-state index contributed by atoms with van der Waals surface area (Å²) in [4.78, 5) is 16.8. The van der Waals surface area contributed by atoms with Crippen LogP contribution in [-0.4, -0.2) is 30.1 Å². The normalized spacial score (nSPS) is 16.9. The van der Waals surface area contributed by atoms with Crippen molar-refractivity contribution in [2.24, 2.45) is 9.98 Å². The number of nitrogens with zero attached hydrogens (tertiary/aromatic N) is 2. The van der Waals surface area contributed by atoms with Gasteiger partial charge in [-0.05, 0) is 39.3 Å². The fraction of sp³-hybridized carbons (Fsp3) is 0.615. The van der Waals surface area contributed by atoms with Gasteiger partial charge in [-0.1, -0.05) is 6.42 Å². The Hall–Kier alpha value is -1.65. The minimum absolute atomic E-state index is 0.320. The Morgan fingerprint density at radius 1 is 1.39 bits per heavy atom. The number of carboxylic acid groups (broad SMARTS) is 1. The van der Waals surface area contributed by atoms with Crippen LogP contribution in [-0.2, 0) is 9.53 Å². The van der Waals surface area contributed by atoms with E-state index in [4.69, 9.17) is 14.6 Å². The molecule has 0 atom stereocenters. The van der Waals surface area contributed by atoms with Crippen LogP contribution in [0.1, 0.15) is 46.0 Å². The van der Waals surface area contributed by atoms with Crippen molar-refractivity contribution >= 4 is 18.9 Å². The highest BCUT2D eigenvalue weighted by molar-refractivity contribution is 5.62. The predicted octanol–water partition coefficient (Wildman–Crippen LogP) is 3.02. The van der Waals surface area contributed by atoms with Crippen molar-refractivity contribution < 1.29 is 14.6 Å². The van der Waals surface area contributed by atoms with Crippen molar-refractivity contribution in [1.29, 1.82) is 0 Å². The van der Waals surface area contributed by atoms with Crippen molar-refractivity contribution in [3.8, 4) is 0 Å². The minimum Gasteiger partial charge on any atom is -0.481 e. The van der Waals surface area contributed by atoms with Crippen molar-refractivity contribution in [3.63, 3.8) is 0 Å². The van der Waals surface area contributed by atoms with Gasteiger partial charge in [-0.2, -0.15) is 0 Å². The van der Waals surface area contributed by atoms with Gasteiger partial charge in [0.25, 0.3) is 5.97 Å². The molecule has 5 heteroatoms. The average molecular weight is 254 g/mol. The Kier molecular flexibility index (Phi) is 9.54. The van der Waals surface area contributed by atoms with E-state index in [0.29, 0.717) is 12.0 Å². The lowest BCUT2D eigenvalue weighted by Gasteiger charge is -2.22. The number of hydrogen-bond acceptors (Lipinski definition) is 4. The number of carbonyl (C=O) groups is 1. The third kappa shape index (κ3) is 9.57. The smallest absolute Gasteiger partial charge is 0.300 e. The first-order valence-corrected chi connectivity index (χ1v) is 6.11. The van der Waals surface area contributed by atoms with Crippen LogP contribution in [0, 0.1) is 0 Å². The van der Waals surface area contributed by atoms with Gasteiger partial charge in [0.1, 0.15) is 6.10 Å². The number of rotatable bonds is 4. The SMILES string of the molecule is C=N/C=C(\N=C/C)OC1CCCCC1.CC(=O)O. The molecule has 0 aliphatic heterocycles.